The van der Waals surface area contributed by atoms with Crippen LogP contribution in [-0.4, -0.2) is 28.3 Å². The van der Waals surface area contributed by atoms with Gasteiger partial charge in [0.05, 0.1) is 28.4 Å². The number of aromatic nitrogens is 2. The number of thiophene rings is 1. The molecule has 0 unspecified atom stereocenters. The average molecular weight is 420 g/mol. The molecule has 6 nitrogen and oxygen atoms in total. The van der Waals surface area contributed by atoms with E-state index in [0.29, 0.717) is 22.7 Å². The molecule has 0 spiro atoms. The van der Waals surface area contributed by atoms with E-state index in [4.69, 9.17) is 4.74 Å². The quantitative estimate of drug-likeness (QED) is 0.455. The highest BCUT2D eigenvalue weighted by Crippen LogP contribution is 2.31. The number of hydrogen-bond acceptors (Lipinski definition) is 5. The third kappa shape index (κ3) is 3.84. The third-order valence-corrected chi connectivity index (χ3v) is 5.81. The van der Waals surface area contributed by atoms with Crippen molar-refractivity contribution in [2.45, 2.75) is 20.8 Å². The van der Waals surface area contributed by atoms with E-state index >= 15 is 0 Å². The van der Waals surface area contributed by atoms with Crippen molar-refractivity contribution in [3.05, 3.63) is 76.3 Å². The number of carbonyl (C=O) groups is 2. The molecule has 152 valence electrons. The Morgan fingerprint density at radius 3 is 2.43 bits per heavy atom. The maximum Gasteiger partial charge on any atom is 0.338 e. The Hall–Kier alpha value is -3.45. The van der Waals surface area contributed by atoms with Crippen molar-refractivity contribution in [3.8, 4) is 5.69 Å². The zero-order valence-electron chi connectivity index (χ0n) is 16.9. The SMILES string of the molecule is CCOC(=O)c1ccc(NC(=O)c2cc3c(C)nn(-c4ccc(C)cc4)c3s2)cc1. The molecule has 30 heavy (non-hydrogen) atoms. The molecule has 0 bridgehead atoms. The molecule has 4 aromatic rings. The Balaban J connectivity index is 1.57. The number of benzene rings is 2. The normalized spacial score (nSPS) is 10.9. The summed E-state index contributed by atoms with van der Waals surface area (Å²) in [4.78, 5) is 26.1. The Kier molecular flexibility index (Phi) is 5.37. The van der Waals surface area contributed by atoms with E-state index in [2.05, 4.69) is 10.4 Å². The fourth-order valence-electron chi connectivity index (χ4n) is 3.12. The largest absolute Gasteiger partial charge is 0.462 e. The van der Waals surface area contributed by atoms with Crippen LogP contribution in [0.5, 0.6) is 0 Å². The molecule has 0 aliphatic heterocycles. The summed E-state index contributed by atoms with van der Waals surface area (Å²) >= 11 is 1.40. The van der Waals surface area contributed by atoms with Gasteiger partial charge in [-0.2, -0.15) is 5.10 Å². The van der Waals surface area contributed by atoms with Gasteiger partial charge in [0.25, 0.3) is 5.91 Å². The zero-order valence-corrected chi connectivity index (χ0v) is 17.7. The molecule has 7 heteroatoms. The molecular formula is C23H21N3O3S. The maximum absolute atomic E-state index is 12.8. The number of rotatable bonds is 5. The Labute approximate surface area is 178 Å². The van der Waals surface area contributed by atoms with E-state index in [9.17, 15) is 9.59 Å². The number of carbonyl (C=O) groups excluding carboxylic acids is 2. The molecule has 1 N–H and O–H groups in total. The van der Waals surface area contributed by atoms with E-state index in [1.807, 2.05) is 48.9 Å². The molecule has 0 saturated carbocycles. The van der Waals surface area contributed by atoms with Gasteiger partial charge in [-0.3, -0.25) is 4.79 Å². The van der Waals surface area contributed by atoms with Crippen molar-refractivity contribution in [1.29, 1.82) is 0 Å². The number of anilines is 1. The molecule has 0 fully saturated rings. The highest BCUT2D eigenvalue weighted by atomic mass is 32.1. The minimum atomic E-state index is -0.379. The smallest absolute Gasteiger partial charge is 0.338 e. The molecule has 0 saturated heterocycles. The molecule has 0 atom stereocenters. The minimum Gasteiger partial charge on any atom is -0.462 e. The number of ether oxygens (including phenoxy) is 1. The summed E-state index contributed by atoms with van der Waals surface area (Å²) in [5, 5.41) is 8.47. The van der Waals surface area contributed by atoms with Crippen molar-refractivity contribution in [1.82, 2.24) is 9.78 Å². The van der Waals surface area contributed by atoms with E-state index in [1.54, 1.807) is 31.2 Å². The van der Waals surface area contributed by atoms with Crippen LogP contribution < -0.4 is 5.32 Å². The second-order valence-corrected chi connectivity index (χ2v) is 7.94. The van der Waals surface area contributed by atoms with E-state index < -0.39 is 0 Å². The monoisotopic (exact) mass is 419 g/mol. The van der Waals surface area contributed by atoms with E-state index in [0.717, 1.165) is 21.6 Å². The Bertz CT molecular complexity index is 1220. The van der Waals surface area contributed by atoms with Gasteiger partial charge < -0.3 is 10.1 Å². The number of nitrogens with one attached hydrogen (secondary N) is 1. The van der Waals surface area contributed by atoms with Crippen LogP contribution in [0.3, 0.4) is 0 Å². The van der Waals surface area contributed by atoms with Crippen LogP contribution in [0.15, 0.2) is 54.6 Å². The number of nitrogens with zero attached hydrogens (tertiary/aromatic N) is 2. The first-order chi connectivity index (χ1) is 14.5. The molecule has 0 aliphatic carbocycles. The van der Waals surface area contributed by atoms with Crippen molar-refractivity contribution in [2.75, 3.05) is 11.9 Å². The van der Waals surface area contributed by atoms with Crippen LogP contribution in [0.4, 0.5) is 5.69 Å². The van der Waals surface area contributed by atoms with Crippen LogP contribution in [-0.2, 0) is 4.74 Å². The van der Waals surface area contributed by atoms with Gasteiger partial charge >= 0.3 is 5.97 Å². The first-order valence-corrected chi connectivity index (χ1v) is 10.4. The summed E-state index contributed by atoms with van der Waals surface area (Å²) < 4.78 is 6.85. The van der Waals surface area contributed by atoms with Crippen LogP contribution in [0, 0.1) is 13.8 Å². The number of esters is 1. The minimum absolute atomic E-state index is 0.199. The molecule has 0 aliphatic rings. The van der Waals surface area contributed by atoms with E-state index in [-0.39, 0.29) is 11.9 Å². The highest BCUT2D eigenvalue weighted by molar-refractivity contribution is 7.20. The number of aryl methyl sites for hydroxylation is 2. The Morgan fingerprint density at radius 2 is 1.77 bits per heavy atom. The van der Waals surface area contributed by atoms with Gasteiger partial charge in [-0.05, 0) is 63.2 Å². The number of fused-ring (bicyclic) bond motifs is 1. The van der Waals surface area contributed by atoms with Crippen molar-refractivity contribution in [3.63, 3.8) is 0 Å². The highest BCUT2D eigenvalue weighted by Gasteiger charge is 2.17. The summed E-state index contributed by atoms with van der Waals surface area (Å²) in [6.45, 7) is 6.07. The first-order valence-electron chi connectivity index (χ1n) is 9.61. The fraction of sp³-hybridized carbons (Fsp3) is 0.174. The Morgan fingerprint density at radius 1 is 1.07 bits per heavy atom. The second kappa shape index (κ2) is 8.12. The van der Waals surface area contributed by atoms with Crippen LogP contribution in [0.1, 0.15) is 38.2 Å². The predicted octanol–water partition coefficient (Wildman–Crippen LogP) is 5.13. The molecular weight excluding hydrogens is 398 g/mol. The molecule has 2 aromatic carbocycles. The number of amides is 1. The lowest BCUT2D eigenvalue weighted by atomic mass is 10.2. The van der Waals surface area contributed by atoms with Gasteiger partial charge in [-0.1, -0.05) is 17.7 Å². The van der Waals surface area contributed by atoms with Crippen LogP contribution in [0.2, 0.25) is 0 Å². The molecule has 2 aromatic heterocycles. The van der Waals surface area contributed by atoms with Gasteiger partial charge in [0.15, 0.2) is 0 Å². The summed E-state index contributed by atoms with van der Waals surface area (Å²) in [7, 11) is 0. The lowest BCUT2D eigenvalue weighted by Gasteiger charge is -2.06. The lowest BCUT2D eigenvalue weighted by molar-refractivity contribution is 0.0526. The van der Waals surface area contributed by atoms with Crippen LogP contribution in [0.25, 0.3) is 15.9 Å². The number of hydrogen-bond donors (Lipinski definition) is 1. The predicted molar refractivity (Wildman–Crippen MR) is 119 cm³/mol. The van der Waals surface area contributed by atoms with Gasteiger partial charge in [-0.25, -0.2) is 9.48 Å². The van der Waals surface area contributed by atoms with Gasteiger partial charge in [0, 0.05) is 11.1 Å². The topological polar surface area (TPSA) is 73.2 Å². The summed E-state index contributed by atoms with van der Waals surface area (Å²) in [6.07, 6.45) is 0. The first kappa shape index (κ1) is 19.8. The molecule has 1 amide bonds. The molecule has 2 heterocycles. The average Bonchev–Trinajstić information content (AvgIpc) is 3.30. The third-order valence-electron chi connectivity index (χ3n) is 4.70. The van der Waals surface area contributed by atoms with Crippen molar-refractivity contribution < 1.29 is 14.3 Å². The summed E-state index contributed by atoms with van der Waals surface area (Å²) in [6, 6.07) is 16.6. The zero-order chi connectivity index (χ0) is 21.3. The fourth-order valence-corrected chi connectivity index (χ4v) is 4.19. The maximum atomic E-state index is 12.8. The van der Waals surface area contributed by atoms with Gasteiger partial charge in [0.2, 0.25) is 0 Å². The van der Waals surface area contributed by atoms with Crippen LogP contribution >= 0.6 is 11.3 Å². The van der Waals surface area contributed by atoms with Crippen molar-refractivity contribution in [2.24, 2.45) is 0 Å². The lowest BCUT2D eigenvalue weighted by Crippen LogP contribution is -2.10. The standard InChI is InChI=1S/C23H21N3O3S/c1-4-29-23(28)16-7-9-17(10-8-16)24-21(27)20-13-19-15(3)25-26(22(19)30-20)18-11-5-14(2)6-12-18/h5-13H,4H2,1-3H3,(H,24,27). The summed E-state index contributed by atoms with van der Waals surface area (Å²) in [5.74, 6) is -0.578. The molecule has 0 radical (unpaired) electrons. The second-order valence-electron chi connectivity index (χ2n) is 6.91. The molecule has 4 rings (SSSR count). The summed E-state index contributed by atoms with van der Waals surface area (Å²) in [5.41, 5.74) is 4.08. The van der Waals surface area contributed by atoms with Crippen molar-refractivity contribution >= 4 is 39.1 Å². The van der Waals surface area contributed by atoms with Gasteiger partial charge in [-0.15, -0.1) is 11.3 Å². The van der Waals surface area contributed by atoms with E-state index in [1.165, 1.54) is 16.9 Å². The van der Waals surface area contributed by atoms with Gasteiger partial charge in [0.1, 0.15) is 4.83 Å².